The second-order valence-corrected chi connectivity index (χ2v) is 6.48. The van der Waals surface area contributed by atoms with Gasteiger partial charge < -0.3 is 10.1 Å². The Bertz CT molecular complexity index is 252. The van der Waals surface area contributed by atoms with E-state index in [-0.39, 0.29) is 11.6 Å². The number of nitrogens with one attached hydrogen (secondary N) is 1. The number of carbonyl (C=O) groups excluding carboxylic acids is 1. The van der Waals surface area contributed by atoms with Crippen molar-refractivity contribution in [1.29, 1.82) is 0 Å². The summed E-state index contributed by atoms with van der Waals surface area (Å²) in [5.74, 6) is 0.684. The molecule has 0 radical (unpaired) electrons. The van der Waals surface area contributed by atoms with Crippen LogP contribution in [0.3, 0.4) is 0 Å². The molecule has 0 aromatic carbocycles. The lowest BCUT2D eigenvalue weighted by Crippen LogP contribution is -2.36. The zero-order valence-electron chi connectivity index (χ0n) is 12.4. The minimum atomic E-state index is -0.369. The predicted octanol–water partition coefficient (Wildman–Crippen LogP) is 3.28. The summed E-state index contributed by atoms with van der Waals surface area (Å²) >= 11 is 0. The number of ether oxygens (including phenoxy) is 1. The minimum absolute atomic E-state index is 0.106. The Labute approximate surface area is 112 Å². The fourth-order valence-corrected chi connectivity index (χ4v) is 2.60. The third-order valence-corrected chi connectivity index (χ3v) is 3.57. The molecule has 0 spiro atoms. The number of rotatable bonds is 5. The lowest BCUT2D eigenvalue weighted by atomic mass is 9.84. The van der Waals surface area contributed by atoms with Gasteiger partial charge in [0.2, 0.25) is 0 Å². The Hall–Kier alpha value is -0.570. The zero-order valence-corrected chi connectivity index (χ0v) is 12.4. The van der Waals surface area contributed by atoms with Crippen molar-refractivity contribution in [2.75, 3.05) is 6.54 Å². The van der Waals surface area contributed by atoms with Crippen LogP contribution in [0, 0.1) is 5.92 Å². The van der Waals surface area contributed by atoms with Gasteiger partial charge in [-0.05, 0) is 46.5 Å². The van der Waals surface area contributed by atoms with Crippen LogP contribution in [0.1, 0.15) is 66.2 Å². The average Bonchev–Trinajstić information content (AvgIpc) is 2.27. The maximum atomic E-state index is 11.6. The van der Waals surface area contributed by atoms with Crippen molar-refractivity contribution in [3.05, 3.63) is 0 Å². The van der Waals surface area contributed by atoms with Crippen molar-refractivity contribution in [2.45, 2.75) is 77.9 Å². The molecule has 0 heterocycles. The monoisotopic (exact) mass is 255 g/mol. The zero-order chi connectivity index (χ0) is 13.6. The van der Waals surface area contributed by atoms with E-state index < -0.39 is 0 Å². The molecule has 0 amide bonds. The van der Waals surface area contributed by atoms with E-state index in [1.165, 1.54) is 32.1 Å². The predicted molar refractivity (Wildman–Crippen MR) is 74.5 cm³/mol. The molecule has 1 rings (SSSR count). The van der Waals surface area contributed by atoms with Gasteiger partial charge in [-0.1, -0.05) is 19.3 Å². The van der Waals surface area contributed by atoms with Crippen LogP contribution in [0.2, 0.25) is 0 Å². The summed E-state index contributed by atoms with van der Waals surface area (Å²) < 4.78 is 5.29. The molecule has 0 bridgehead atoms. The molecule has 0 saturated heterocycles. The van der Waals surface area contributed by atoms with Gasteiger partial charge in [-0.15, -0.1) is 0 Å². The molecule has 1 saturated carbocycles. The first kappa shape index (κ1) is 15.5. The molecule has 0 unspecified atom stereocenters. The van der Waals surface area contributed by atoms with E-state index in [4.69, 9.17) is 4.74 Å². The Morgan fingerprint density at radius 1 is 1.28 bits per heavy atom. The summed E-state index contributed by atoms with van der Waals surface area (Å²) in [7, 11) is 0. The van der Waals surface area contributed by atoms with E-state index in [0.29, 0.717) is 12.5 Å². The summed E-state index contributed by atoms with van der Waals surface area (Å²) in [5, 5.41) is 3.47. The van der Waals surface area contributed by atoms with Gasteiger partial charge in [-0.2, -0.15) is 0 Å². The first-order valence-electron chi connectivity index (χ1n) is 7.34. The minimum Gasteiger partial charge on any atom is -0.460 e. The van der Waals surface area contributed by atoms with Crippen LogP contribution in [0.25, 0.3) is 0 Å². The smallest absolute Gasteiger partial charge is 0.307 e. The Morgan fingerprint density at radius 3 is 2.44 bits per heavy atom. The number of carbonyl (C=O) groups is 1. The van der Waals surface area contributed by atoms with Crippen LogP contribution in [-0.4, -0.2) is 24.2 Å². The Balaban J connectivity index is 2.14. The first-order chi connectivity index (χ1) is 8.38. The molecule has 0 aromatic heterocycles. The molecule has 1 fully saturated rings. The second kappa shape index (κ2) is 7.13. The second-order valence-electron chi connectivity index (χ2n) is 6.48. The molecule has 1 aliphatic rings. The lowest BCUT2D eigenvalue weighted by molar-refractivity contribution is -0.154. The van der Waals surface area contributed by atoms with E-state index in [1.54, 1.807) is 0 Å². The topological polar surface area (TPSA) is 38.3 Å². The highest BCUT2D eigenvalue weighted by Gasteiger charge is 2.20. The van der Waals surface area contributed by atoms with Crippen LogP contribution < -0.4 is 5.32 Å². The van der Waals surface area contributed by atoms with E-state index in [0.717, 1.165) is 12.5 Å². The van der Waals surface area contributed by atoms with Gasteiger partial charge in [0.15, 0.2) is 0 Å². The highest BCUT2D eigenvalue weighted by atomic mass is 16.6. The van der Waals surface area contributed by atoms with Gasteiger partial charge in [-0.25, -0.2) is 0 Å². The van der Waals surface area contributed by atoms with Crippen LogP contribution in [0.4, 0.5) is 0 Å². The Morgan fingerprint density at radius 2 is 1.89 bits per heavy atom. The molecule has 3 nitrogen and oxygen atoms in total. The number of hydrogen-bond acceptors (Lipinski definition) is 3. The third kappa shape index (κ3) is 6.39. The normalized spacial score (nSPS) is 19.6. The largest absolute Gasteiger partial charge is 0.460 e. The van der Waals surface area contributed by atoms with Gasteiger partial charge >= 0.3 is 5.97 Å². The van der Waals surface area contributed by atoms with E-state index in [1.807, 2.05) is 20.8 Å². The molecule has 1 aliphatic carbocycles. The lowest BCUT2D eigenvalue weighted by Gasteiger charge is -2.28. The molecule has 0 aromatic rings. The molecule has 0 aliphatic heterocycles. The molecular formula is C15H29NO2. The summed E-state index contributed by atoms with van der Waals surface area (Å²) in [6.45, 7) is 8.69. The standard InChI is InChI=1S/C15H29NO2/c1-12(13-8-6-5-7-9-13)16-11-10-14(17)18-15(2,3)4/h12-13,16H,5-11H2,1-4H3/t12-/m1/s1. The van der Waals surface area contributed by atoms with Crippen molar-refractivity contribution in [3.63, 3.8) is 0 Å². The van der Waals surface area contributed by atoms with Crippen molar-refractivity contribution in [1.82, 2.24) is 5.32 Å². The molecule has 3 heteroatoms. The number of esters is 1. The number of hydrogen-bond donors (Lipinski definition) is 1. The first-order valence-corrected chi connectivity index (χ1v) is 7.34. The molecule has 106 valence electrons. The quantitative estimate of drug-likeness (QED) is 0.766. The summed E-state index contributed by atoms with van der Waals surface area (Å²) in [6, 6.07) is 0.521. The van der Waals surface area contributed by atoms with Gasteiger partial charge in [0, 0.05) is 12.6 Å². The van der Waals surface area contributed by atoms with Crippen molar-refractivity contribution >= 4 is 5.97 Å². The third-order valence-electron chi connectivity index (χ3n) is 3.57. The maximum Gasteiger partial charge on any atom is 0.307 e. The summed E-state index contributed by atoms with van der Waals surface area (Å²) in [5.41, 5.74) is -0.369. The fourth-order valence-electron chi connectivity index (χ4n) is 2.60. The molecular weight excluding hydrogens is 226 g/mol. The summed E-state index contributed by atoms with van der Waals surface area (Å²) in [4.78, 5) is 11.6. The molecule has 1 N–H and O–H groups in total. The van der Waals surface area contributed by atoms with Crippen molar-refractivity contribution in [2.24, 2.45) is 5.92 Å². The van der Waals surface area contributed by atoms with Gasteiger partial charge in [0.1, 0.15) is 5.60 Å². The van der Waals surface area contributed by atoms with Crippen LogP contribution in [0.15, 0.2) is 0 Å². The van der Waals surface area contributed by atoms with Crippen molar-refractivity contribution < 1.29 is 9.53 Å². The van der Waals surface area contributed by atoms with E-state index >= 15 is 0 Å². The maximum absolute atomic E-state index is 11.6. The van der Waals surface area contributed by atoms with Crippen molar-refractivity contribution in [3.8, 4) is 0 Å². The van der Waals surface area contributed by atoms with E-state index in [2.05, 4.69) is 12.2 Å². The van der Waals surface area contributed by atoms with Gasteiger partial charge in [0.25, 0.3) is 0 Å². The SMILES string of the molecule is C[C@@H](NCCC(=O)OC(C)(C)C)C1CCCCC1. The fraction of sp³-hybridized carbons (Fsp3) is 0.933. The van der Waals surface area contributed by atoms with Gasteiger partial charge in [-0.3, -0.25) is 4.79 Å². The average molecular weight is 255 g/mol. The van der Waals surface area contributed by atoms with Gasteiger partial charge in [0.05, 0.1) is 6.42 Å². The highest BCUT2D eigenvalue weighted by Crippen LogP contribution is 2.26. The van der Waals surface area contributed by atoms with E-state index in [9.17, 15) is 4.79 Å². The van der Waals surface area contributed by atoms with Crippen LogP contribution >= 0.6 is 0 Å². The molecule has 18 heavy (non-hydrogen) atoms. The van der Waals surface area contributed by atoms with Crippen LogP contribution in [-0.2, 0) is 9.53 Å². The molecule has 1 atom stereocenters. The highest BCUT2D eigenvalue weighted by molar-refractivity contribution is 5.70. The Kier molecular flexibility index (Phi) is 6.13. The van der Waals surface area contributed by atoms with Crippen LogP contribution in [0.5, 0.6) is 0 Å². The summed E-state index contributed by atoms with van der Waals surface area (Å²) in [6.07, 6.45) is 7.25.